The molecule has 0 saturated heterocycles. The van der Waals surface area contributed by atoms with Gasteiger partial charge < -0.3 is 0 Å². The van der Waals surface area contributed by atoms with Crippen LogP contribution in [0.5, 0.6) is 0 Å². The Kier molecular flexibility index (Phi) is 2.98. The smallest absolute Gasteiger partial charge is 0.0677 e. The van der Waals surface area contributed by atoms with Gasteiger partial charge in [-0.15, -0.1) is 0 Å². The Labute approximate surface area is 98.4 Å². The van der Waals surface area contributed by atoms with Gasteiger partial charge in [-0.3, -0.25) is 4.68 Å². The Morgan fingerprint density at radius 2 is 2.07 bits per heavy atom. The molecule has 0 bridgehead atoms. The lowest BCUT2D eigenvalue weighted by Crippen LogP contribution is -2.03. The van der Waals surface area contributed by atoms with E-state index in [0.29, 0.717) is 16.6 Å². The van der Waals surface area contributed by atoms with Gasteiger partial charge in [0.1, 0.15) is 0 Å². The first kappa shape index (κ1) is 10.5. The molecule has 15 heavy (non-hydrogen) atoms. The van der Waals surface area contributed by atoms with Crippen molar-refractivity contribution in [1.82, 2.24) is 9.78 Å². The molecule has 0 fully saturated rings. The first-order chi connectivity index (χ1) is 7.16. The summed E-state index contributed by atoms with van der Waals surface area (Å²) in [6, 6.07) is 7.41. The molecule has 0 radical (unpaired) electrons. The molecule has 2 rings (SSSR count). The van der Waals surface area contributed by atoms with Gasteiger partial charge in [-0.05, 0) is 36.8 Å². The van der Waals surface area contributed by atoms with Crippen molar-refractivity contribution in [3.63, 3.8) is 0 Å². The lowest BCUT2D eigenvalue weighted by molar-refractivity contribution is 0.665. The summed E-state index contributed by atoms with van der Waals surface area (Å²) < 4.78 is 1.89. The molecule has 2 aromatic rings. The van der Waals surface area contributed by atoms with E-state index in [1.807, 2.05) is 23.7 Å². The molecule has 0 atom stereocenters. The summed E-state index contributed by atoms with van der Waals surface area (Å²) in [5.74, 6) is 0. The quantitative estimate of drug-likeness (QED) is 0.786. The fourth-order valence-electron chi connectivity index (χ4n) is 1.39. The molecule has 1 aromatic carbocycles. The summed E-state index contributed by atoms with van der Waals surface area (Å²) in [7, 11) is 0. The highest BCUT2D eigenvalue weighted by atomic mass is 35.5. The first-order valence-electron chi connectivity index (χ1n) is 4.59. The van der Waals surface area contributed by atoms with Gasteiger partial charge in [0.15, 0.2) is 0 Å². The van der Waals surface area contributed by atoms with E-state index in [0.717, 1.165) is 11.3 Å². The summed E-state index contributed by atoms with van der Waals surface area (Å²) in [6.45, 7) is 2.66. The van der Waals surface area contributed by atoms with Crippen LogP contribution >= 0.6 is 23.2 Å². The van der Waals surface area contributed by atoms with Crippen LogP contribution < -0.4 is 0 Å². The Morgan fingerprint density at radius 3 is 2.73 bits per heavy atom. The average molecular weight is 241 g/mol. The van der Waals surface area contributed by atoms with E-state index in [1.165, 1.54) is 0 Å². The lowest BCUT2D eigenvalue weighted by atomic mass is 10.2. The number of nitrogens with zero attached hydrogens (tertiary/aromatic N) is 2. The third-order valence-electron chi connectivity index (χ3n) is 2.26. The van der Waals surface area contributed by atoms with Gasteiger partial charge in [0, 0.05) is 21.9 Å². The Balaban J connectivity index is 2.32. The highest BCUT2D eigenvalue weighted by molar-refractivity contribution is 6.33. The monoisotopic (exact) mass is 240 g/mol. The third-order valence-corrected chi connectivity index (χ3v) is 2.86. The number of benzene rings is 1. The number of halogens is 2. The molecular formula is C11H10Cl2N2. The molecule has 0 aliphatic heterocycles. The number of aromatic nitrogens is 2. The Hall–Kier alpha value is -0.990. The fraction of sp³-hybridized carbons (Fsp3) is 0.182. The van der Waals surface area contributed by atoms with Crippen LogP contribution in [-0.2, 0) is 6.54 Å². The second kappa shape index (κ2) is 4.25. The van der Waals surface area contributed by atoms with Crippen LogP contribution in [0.3, 0.4) is 0 Å². The van der Waals surface area contributed by atoms with Crippen molar-refractivity contribution in [2.24, 2.45) is 0 Å². The van der Waals surface area contributed by atoms with E-state index >= 15 is 0 Å². The molecule has 0 N–H and O–H groups in total. The van der Waals surface area contributed by atoms with Crippen LogP contribution in [0.2, 0.25) is 10.0 Å². The number of hydrogen-bond donors (Lipinski definition) is 0. The molecule has 1 aromatic heterocycles. The molecule has 4 heteroatoms. The van der Waals surface area contributed by atoms with Gasteiger partial charge in [-0.1, -0.05) is 23.2 Å². The van der Waals surface area contributed by atoms with Gasteiger partial charge >= 0.3 is 0 Å². The molecule has 0 aliphatic rings. The molecular weight excluding hydrogens is 231 g/mol. The van der Waals surface area contributed by atoms with Crippen molar-refractivity contribution in [3.05, 3.63) is 51.8 Å². The standard InChI is InChI=1S/C11H10Cl2N2/c1-8-4-5-14-15(8)7-9-6-10(12)2-3-11(9)13/h2-6H,7H2,1H3. The van der Waals surface area contributed by atoms with Gasteiger partial charge in [-0.2, -0.15) is 5.10 Å². The van der Waals surface area contributed by atoms with Gasteiger partial charge in [0.2, 0.25) is 0 Å². The molecule has 0 aliphatic carbocycles. The molecule has 0 spiro atoms. The summed E-state index contributed by atoms with van der Waals surface area (Å²) >= 11 is 12.0. The SMILES string of the molecule is Cc1ccnn1Cc1cc(Cl)ccc1Cl. The minimum atomic E-state index is 0.651. The third kappa shape index (κ3) is 2.33. The highest BCUT2D eigenvalue weighted by Gasteiger charge is 2.04. The summed E-state index contributed by atoms with van der Waals surface area (Å²) in [6.07, 6.45) is 1.77. The van der Waals surface area contributed by atoms with Crippen LogP contribution in [0.15, 0.2) is 30.5 Å². The van der Waals surface area contributed by atoms with Crippen molar-refractivity contribution in [2.75, 3.05) is 0 Å². The number of hydrogen-bond acceptors (Lipinski definition) is 1. The zero-order chi connectivity index (χ0) is 10.8. The molecule has 1 heterocycles. The van der Waals surface area contributed by atoms with Gasteiger partial charge in [0.05, 0.1) is 6.54 Å². The predicted octanol–water partition coefficient (Wildman–Crippen LogP) is 3.55. The number of aryl methyl sites for hydroxylation is 1. The highest BCUT2D eigenvalue weighted by Crippen LogP contribution is 2.21. The largest absolute Gasteiger partial charge is 0.265 e. The Morgan fingerprint density at radius 1 is 1.27 bits per heavy atom. The summed E-state index contributed by atoms with van der Waals surface area (Å²) in [5.41, 5.74) is 2.09. The maximum absolute atomic E-state index is 6.07. The second-order valence-corrected chi connectivity index (χ2v) is 4.21. The van der Waals surface area contributed by atoms with Gasteiger partial charge in [0.25, 0.3) is 0 Å². The molecule has 0 saturated carbocycles. The lowest BCUT2D eigenvalue weighted by Gasteiger charge is -2.07. The minimum Gasteiger partial charge on any atom is -0.265 e. The van der Waals surface area contributed by atoms with E-state index in [-0.39, 0.29) is 0 Å². The van der Waals surface area contributed by atoms with Crippen molar-refractivity contribution < 1.29 is 0 Å². The zero-order valence-corrected chi connectivity index (χ0v) is 9.76. The molecule has 0 unspecified atom stereocenters. The average Bonchev–Trinajstić information content (AvgIpc) is 2.58. The molecule has 78 valence electrons. The summed E-state index contributed by atoms with van der Waals surface area (Å²) in [4.78, 5) is 0. The van der Waals surface area contributed by atoms with Crippen molar-refractivity contribution in [3.8, 4) is 0 Å². The molecule has 0 amide bonds. The normalized spacial score (nSPS) is 10.6. The van der Waals surface area contributed by atoms with Crippen molar-refractivity contribution in [2.45, 2.75) is 13.5 Å². The fourth-order valence-corrected chi connectivity index (χ4v) is 1.76. The van der Waals surface area contributed by atoms with Crippen molar-refractivity contribution in [1.29, 1.82) is 0 Å². The van der Waals surface area contributed by atoms with Crippen LogP contribution in [0.25, 0.3) is 0 Å². The van der Waals surface area contributed by atoms with Crippen molar-refractivity contribution >= 4 is 23.2 Å². The van der Waals surface area contributed by atoms with E-state index in [1.54, 1.807) is 18.3 Å². The molecule has 2 nitrogen and oxygen atoms in total. The minimum absolute atomic E-state index is 0.651. The van der Waals surface area contributed by atoms with E-state index in [9.17, 15) is 0 Å². The van der Waals surface area contributed by atoms with E-state index in [2.05, 4.69) is 5.10 Å². The van der Waals surface area contributed by atoms with Crippen LogP contribution in [0.4, 0.5) is 0 Å². The number of rotatable bonds is 2. The zero-order valence-electron chi connectivity index (χ0n) is 8.24. The van der Waals surface area contributed by atoms with E-state index < -0.39 is 0 Å². The van der Waals surface area contributed by atoms with Gasteiger partial charge in [-0.25, -0.2) is 0 Å². The van der Waals surface area contributed by atoms with Crippen LogP contribution in [0.1, 0.15) is 11.3 Å². The summed E-state index contributed by atoms with van der Waals surface area (Å²) in [5, 5.41) is 5.61. The topological polar surface area (TPSA) is 17.8 Å². The predicted molar refractivity (Wildman–Crippen MR) is 62.5 cm³/mol. The van der Waals surface area contributed by atoms with Crippen LogP contribution in [-0.4, -0.2) is 9.78 Å². The Bertz CT molecular complexity index is 477. The van der Waals surface area contributed by atoms with Crippen LogP contribution in [0, 0.1) is 6.92 Å². The van der Waals surface area contributed by atoms with E-state index in [4.69, 9.17) is 23.2 Å². The maximum atomic E-state index is 6.07. The first-order valence-corrected chi connectivity index (χ1v) is 5.35. The maximum Gasteiger partial charge on any atom is 0.0677 e. The second-order valence-electron chi connectivity index (χ2n) is 3.37.